The van der Waals surface area contributed by atoms with Gasteiger partial charge in [0, 0.05) is 18.8 Å². The molecule has 1 aromatic heterocycles. The molecule has 0 amide bonds. The van der Waals surface area contributed by atoms with Crippen molar-refractivity contribution < 1.29 is 14.3 Å². The summed E-state index contributed by atoms with van der Waals surface area (Å²) in [5.74, 6) is -0.274. The molecule has 0 unspecified atom stereocenters. The number of aromatic nitrogens is 1. The molecule has 0 atom stereocenters. The Morgan fingerprint density at radius 2 is 2.38 bits per heavy atom. The summed E-state index contributed by atoms with van der Waals surface area (Å²) in [6, 6.07) is 3.81. The number of carbonyl (C=O) groups is 1. The lowest BCUT2D eigenvalue weighted by molar-refractivity contribution is -0.0878. The molecule has 0 aliphatic carbocycles. The maximum Gasteiger partial charge on any atom is 0.354 e. The van der Waals surface area contributed by atoms with E-state index in [9.17, 15) is 4.79 Å². The van der Waals surface area contributed by atoms with Crippen LogP contribution in [0.4, 0.5) is 0 Å². The van der Waals surface area contributed by atoms with E-state index in [0.717, 1.165) is 18.8 Å². The molecule has 1 saturated heterocycles. The van der Waals surface area contributed by atoms with E-state index in [1.165, 1.54) is 7.11 Å². The van der Waals surface area contributed by atoms with Gasteiger partial charge in [0.15, 0.2) is 0 Å². The third kappa shape index (κ3) is 1.15. The molecule has 0 radical (unpaired) electrons. The number of hydrogen-bond acceptors (Lipinski definition) is 4. The Bertz CT molecular complexity index is 434. The predicted octanol–water partition coefficient (Wildman–Crippen LogP) is 0.103. The van der Waals surface area contributed by atoms with Crippen molar-refractivity contribution in [1.29, 1.82) is 0 Å². The van der Waals surface area contributed by atoms with Gasteiger partial charge in [0.2, 0.25) is 0 Å². The number of carbonyl (C=O) groups excluding carboxylic acids is 1. The van der Waals surface area contributed by atoms with E-state index in [4.69, 9.17) is 9.47 Å². The standard InChI is InChI=1S/C11H14N2O3/c1-15-10(14)8-2-3-9-11(6-16-7-11)12-4-5-13(8)9/h2-3,12H,4-7H2,1H3. The van der Waals surface area contributed by atoms with E-state index in [1.807, 2.05) is 16.7 Å². The summed E-state index contributed by atoms with van der Waals surface area (Å²) in [6.07, 6.45) is 0. The fourth-order valence-corrected chi connectivity index (χ4v) is 2.46. The van der Waals surface area contributed by atoms with Crippen molar-refractivity contribution in [3.63, 3.8) is 0 Å². The lowest BCUT2D eigenvalue weighted by atomic mass is 9.91. The van der Waals surface area contributed by atoms with Gasteiger partial charge in [-0.2, -0.15) is 0 Å². The molecule has 0 saturated carbocycles. The van der Waals surface area contributed by atoms with Crippen LogP contribution in [0.25, 0.3) is 0 Å². The zero-order valence-electron chi connectivity index (χ0n) is 9.16. The molecule has 1 spiro atoms. The van der Waals surface area contributed by atoms with Crippen molar-refractivity contribution in [2.75, 3.05) is 26.9 Å². The van der Waals surface area contributed by atoms with Gasteiger partial charge in [-0.05, 0) is 12.1 Å². The lowest BCUT2D eigenvalue weighted by Crippen LogP contribution is -2.61. The molecular formula is C11H14N2O3. The minimum atomic E-state index is -0.274. The van der Waals surface area contributed by atoms with Crippen molar-refractivity contribution in [2.24, 2.45) is 0 Å². The van der Waals surface area contributed by atoms with E-state index in [1.54, 1.807) is 0 Å². The van der Waals surface area contributed by atoms with Crippen LogP contribution in [-0.2, 0) is 21.6 Å². The Labute approximate surface area is 93.3 Å². The number of nitrogens with one attached hydrogen (secondary N) is 1. The van der Waals surface area contributed by atoms with Crippen molar-refractivity contribution in [2.45, 2.75) is 12.1 Å². The minimum Gasteiger partial charge on any atom is -0.464 e. The highest BCUT2D eigenvalue weighted by Crippen LogP contribution is 2.33. The SMILES string of the molecule is COC(=O)c1ccc2n1CCNC21COC1. The van der Waals surface area contributed by atoms with Crippen LogP contribution >= 0.6 is 0 Å². The Morgan fingerprint density at radius 1 is 1.56 bits per heavy atom. The number of methoxy groups -OCH3 is 1. The topological polar surface area (TPSA) is 52.5 Å². The normalized spacial score (nSPS) is 21.3. The van der Waals surface area contributed by atoms with Crippen LogP contribution in [0.15, 0.2) is 12.1 Å². The maximum absolute atomic E-state index is 11.6. The van der Waals surface area contributed by atoms with Crippen LogP contribution in [-0.4, -0.2) is 37.4 Å². The summed E-state index contributed by atoms with van der Waals surface area (Å²) in [7, 11) is 1.41. The second-order valence-corrected chi connectivity index (χ2v) is 4.25. The van der Waals surface area contributed by atoms with E-state index in [2.05, 4.69) is 5.32 Å². The first-order valence-corrected chi connectivity index (χ1v) is 5.38. The van der Waals surface area contributed by atoms with Crippen molar-refractivity contribution in [1.82, 2.24) is 9.88 Å². The number of nitrogens with zero attached hydrogens (tertiary/aromatic N) is 1. The summed E-state index contributed by atoms with van der Waals surface area (Å²) in [5, 5.41) is 3.46. The monoisotopic (exact) mass is 222 g/mol. The molecule has 0 bridgehead atoms. The molecular weight excluding hydrogens is 208 g/mol. The van der Waals surface area contributed by atoms with Crippen LogP contribution in [0, 0.1) is 0 Å². The van der Waals surface area contributed by atoms with Gasteiger partial charge in [0.05, 0.1) is 20.3 Å². The molecule has 3 rings (SSSR count). The number of ether oxygens (including phenoxy) is 2. The smallest absolute Gasteiger partial charge is 0.354 e. The fraction of sp³-hybridized carbons (Fsp3) is 0.545. The molecule has 2 aliphatic rings. The Morgan fingerprint density at radius 3 is 3.00 bits per heavy atom. The predicted molar refractivity (Wildman–Crippen MR) is 56.3 cm³/mol. The van der Waals surface area contributed by atoms with Gasteiger partial charge >= 0.3 is 5.97 Å². The summed E-state index contributed by atoms with van der Waals surface area (Å²) in [5.41, 5.74) is 1.68. The first-order chi connectivity index (χ1) is 7.77. The second-order valence-electron chi connectivity index (χ2n) is 4.25. The van der Waals surface area contributed by atoms with Crippen LogP contribution in [0.3, 0.4) is 0 Å². The molecule has 86 valence electrons. The largest absolute Gasteiger partial charge is 0.464 e. The van der Waals surface area contributed by atoms with E-state index in [0.29, 0.717) is 18.9 Å². The van der Waals surface area contributed by atoms with E-state index >= 15 is 0 Å². The average Bonchev–Trinajstić information content (AvgIpc) is 2.69. The maximum atomic E-state index is 11.6. The van der Waals surface area contributed by atoms with Gasteiger partial charge in [-0.15, -0.1) is 0 Å². The Kier molecular flexibility index (Phi) is 2.05. The van der Waals surface area contributed by atoms with E-state index in [-0.39, 0.29) is 11.5 Å². The summed E-state index contributed by atoms with van der Waals surface area (Å²) >= 11 is 0. The molecule has 2 aliphatic heterocycles. The molecule has 5 heteroatoms. The van der Waals surface area contributed by atoms with Gasteiger partial charge in [0.1, 0.15) is 11.2 Å². The van der Waals surface area contributed by atoms with Crippen LogP contribution < -0.4 is 5.32 Å². The summed E-state index contributed by atoms with van der Waals surface area (Å²) in [6.45, 7) is 3.01. The number of rotatable bonds is 1. The van der Waals surface area contributed by atoms with E-state index < -0.39 is 0 Å². The Hall–Kier alpha value is -1.33. The van der Waals surface area contributed by atoms with Crippen molar-refractivity contribution in [3.05, 3.63) is 23.5 Å². The lowest BCUT2D eigenvalue weighted by Gasteiger charge is -2.45. The third-order valence-corrected chi connectivity index (χ3v) is 3.36. The molecule has 1 aromatic rings. The highest BCUT2D eigenvalue weighted by Gasteiger charge is 2.44. The van der Waals surface area contributed by atoms with Gasteiger partial charge in [-0.1, -0.05) is 0 Å². The summed E-state index contributed by atoms with van der Waals surface area (Å²) in [4.78, 5) is 11.6. The zero-order chi connectivity index (χ0) is 11.2. The molecule has 1 fully saturated rings. The Balaban J connectivity index is 2.04. The van der Waals surface area contributed by atoms with Gasteiger partial charge in [-0.3, -0.25) is 0 Å². The van der Waals surface area contributed by atoms with Crippen molar-refractivity contribution >= 4 is 5.97 Å². The number of hydrogen-bond donors (Lipinski definition) is 1. The number of fused-ring (bicyclic) bond motifs is 2. The molecule has 0 aromatic carbocycles. The highest BCUT2D eigenvalue weighted by atomic mass is 16.5. The first kappa shape index (κ1) is 9.86. The van der Waals surface area contributed by atoms with Crippen LogP contribution in [0.2, 0.25) is 0 Å². The van der Waals surface area contributed by atoms with Crippen LogP contribution in [0.1, 0.15) is 16.2 Å². The zero-order valence-corrected chi connectivity index (χ0v) is 9.16. The van der Waals surface area contributed by atoms with Gasteiger partial charge < -0.3 is 19.4 Å². The molecule has 3 heterocycles. The highest BCUT2D eigenvalue weighted by molar-refractivity contribution is 5.88. The fourth-order valence-electron chi connectivity index (χ4n) is 2.46. The molecule has 1 N–H and O–H groups in total. The quantitative estimate of drug-likeness (QED) is 0.685. The third-order valence-electron chi connectivity index (χ3n) is 3.36. The number of esters is 1. The van der Waals surface area contributed by atoms with Gasteiger partial charge in [0.25, 0.3) is 0 Å². The average molecular weight is 222 g/mol. The van der Waals surface area contributed by atoms with Crippen molar-refractivity contribution in [3.8, 4) is 0 Å². The van der Waals surface area contributed by atoms with Crippen LogP contribution in [0.5, 0.6) is 0 Å². The van der Waals surface area contributed by atoms with Gasteiger partial charge in [-0.25, -0.2) is 4.79 Å². The minimum absolute atomic E-state index is 0.0788. The second kappa shape index (κ2) is 3.33. The summed E-state index contributed by atoms with van der Waals surface area (Å²) < 4.78 is 12.1. The first-order valence-electron chi connectivity index (χ1n) is 5.38. The molecule has 5 nitrogen and oxygen atoms in total. The molecule has 16 heavy (non-hydrogen) atoms.